The first-order chi connectivity index (χ1) is 11.4. The third-order valence-corrected chi connectivity index (χ3v) is 5.01. The van der Waals surface area contributed by atoms with Crippen molar-refractivity contribution >= 4 is 10.9 Å². The Morgan fingerprint density at radius 1 is 1.08 bits per heavy atom. The zero-order valence-corrected chi connectivity index (χ0v) is 15.2. The van der Waals surface area contributed by atoms with Crippen LogP contribution in [0.3, 0.4) is 0 Å². The normalized spacial score (nSPS) is 13.4. The van der Waals surface area contributed by atoms with Gasteiger partial charge in [-0.15, -0.1) is 0 Å². The van der Waals surface area contributed by atoms with Crippen LogP contribution in [0.1, 0.15) is 48.9 Å². The molecule has 2 heteroatoms. The van der Waals surface area contributed by atoms with Crippen molar-refractivity contribution in [3.05, 3.63) is 70.9 Å². The Bertz CT molecular complexity index is 837. The molecule has 2 nitrogen and oxygen atoms in total. The summed E-state index contributed by atoms with van der Waals surface area (Å²) in [6.45, 7) is 9.64. The van der Waals surface area contributed by atoms with Crippen molar-refractivity contribution in [3.63, 3.8) is 0 Å². The predicted molar refractivity (Wildman–Crippen MR) is 104 cm³/mol. The number of rotatable bonds is 4. The van der Waals surface area contributed by atoms with Crippen molar-refractivity contribution < 1.29 is 0 Å². The van der Waals surface area contributed by atoms with Gasteiger partial charge in [-0.2, -0.15) is 0 Å². The third kappa shape index (κ3) is 3.25. The standard InChI is InChI=1S/C22H28N2/c1-15-9-10-18(22(2,3)4)12-20(15)16(13-23)11-17-14-24-21-8-6-5-7-19(17)21/h5-10,12,14,16,24H,11,13,23H2,1-4H3. The van der Waals surface area contributed by atoms with Gasteiger partial charge in [-0.3, -0.25) is 0 Å². The minimum atomic E-state index is 0.155. The Hall–Kier alpha value is -2.06. The van der Waals surface area contributed by atoms with E-state index in [2.05, 4.69) is 81.3 Å². The van der Waals surface area contributed by atoms with Crippen molar-refractivity contribution in [1.29, 1.82) is 0 Å². The van der Waals surface area contributed by atoms with Gasteiger partial charge in [0.1, 0.15) is 0 Å². The molecule has 126 valence electrons. The highest BCUT2D eigenvalue weighted by molar-refractivity contribution is 5.83. The van der Waals surface area contributed by atoms with Gasteiger partial charge in [0.2, 0.25) is 0 Å². The number of para-hydroxylation sites is 1. The highest BCUT2D eigenvalue weighted by Crippen LogP contribution is 2.31. The number of aromatic amines is 1. The summed E-state index contributed by atoms with van der Waals surface area (Å²) < 4.78 is 0. The summed E-state index contributed by atoms with van der Waals surface area (Å²) in [5.41, 5.74) is 13.0. The molecular formula is C22H28N2. The fraction of sp³-hybridized carbons (Fsp3) is 0.364. The van der Waals surface area contributed by atoms with Gasteiger partial charge in [0.25, 0.3) is 0 Å². The van der Waals surface area contributed by atoms with E-state index in [1.54, 1.807) is 0 Å². The number of benzene rings is 2. The number of nitrogens with two attached hydrogens (primary N) is 1. The summed E-state index contributed by atoms with van der Waals surface area (Å²) in [5.74, 6) is 0.339. The van der Waals surface area contributed by atoms with Gasteiger partial charge in [0.05, 0.1) is 0 Å². The Labute approximate surface area is 145 Å². The molecule has 0 radical (unpaired) electrons. The molecule has 0 aliphatic rings. The Morgan fingerprint density at radius 3 is 2.54 bits per heavy atom. The molecule has 0 aliphatic heterocycles. The molecule has 0 saturated carbocycles. The molecule has 1 heterocycles. The Kier molecular flexibility index (Phi) is 4.51. The summed E-state index contributed by atoms with van der Waals surface area (Å²) in [5, 5.41) is 1.31. The van der Waals surface area contributed by atoms with E-state index in [0.717, 1.165) is 6.42 Å². The van der Waals surface area contributed by atoms with Crippen LogP contribution in [0, 0.1) is 6.92 Å². The van der Waals surface area contributed by atoms with Crippen LogP contribution in [0.25, 0.3) is 10.9 Å². The largest absolute Gasteiger partial charge is 0.361 e. The fourth-order valence-corrected chi connectivity index (χ4v) is 3.43. The topological polar surface area (TPSA) is 41.8 Å². The molecule has 0 saturated heterocycles. The zero-order valence-electron chi connectivity index (χ0n) is 15.2. The molecule has 0 aliphatic carbocycles. The van der Waals surface area contributed by atoms with Crippen LogP contribution in [0.15, 0.2) is 48.7 Å². The molecule has 0 fully saturated rings. The highest BCUT2D eigenvalue weighted by Gasteiger charge is 2.19. The molecule has 2 aromatic carbocycles. The van der Waals surface area contributed by atoms with Gasteiger partial charge in [0.15, 0.2) is 0 Å². The molecule has 3 N–H and O–H groups in total. The summed E-state index contributed by atoms with van der Waals surface area (Å²) in [4.78, 5) is 3.38. The zero-order chi connectivity index (χ0) is 17.3. The molecule has 24 heavy (non-hydrogen) atoms. The van der Waals surface area contributed by atoms with E-state index in [0.29, 0.717) is 12.5 Å². The smallest absolute Gasteiger partial charge is 0.0456 e. The van der Waals surface area contributed by atoms with Crippen molar-refractivity contribution in [3.8, 4) is 0 Å². The summed E-state index contributed by atoms with van der Waals surface area (Å²) in [6.07, 6.45) is 3.10. The lowest BCUT2D eigenvalue weighted by molar-refractivity contribution is 0.586. The van der Waals surface area contributed by atoms with Crippen LogP contribution >= 0.6 is 0 Å². The maximum Gasteiger partial charge on any atom is 0.0456 e. The van der Waals surface area contributed by atoms with Crippen molar-refractivity contribution in [2.24, 2.45) is 5.73 Å². The average molecular weight is 320 g/mol. The second-order valence-corrected chi connectivity index (χ2v) is 7.82. The minimum absolute atomic E-state index is 0.155. The summed E-state index contributed by atoms with van der Waals surface area (Å²) >= 11 is 0. The molecule has 0 amide bonds. The SMILES string of the molecule is Cc1ccc(C(C)(C)C)cc1C(CN)Cc1c[nH]c2ccccc12. The summed E-state index contributed by atoms with van der Waals surface area (Å²) in [6, 6.07) is 15.3. The first kappa shape index (κ1) is 16.8. The molecule has 0 bridgehead atoms. The number of aromatic nitrogens is 1. The molecule has 1 atom stereocenters. The Morgan fingerprint density at radius 2 is 1.83 bits per heavy atom. The minimum Gasteiger partial charge on any atom is -0.361 e. The monoisotopic (exact) mass is 320 g/mol. The average Bonchev–Trinajstić information content (AvgIpc) is 2.95. The maximum atomic E-state index is 6.18. The van der Waals surface area contributed by atoms with E-state index in [4.69, 9.17) is 5.73 Å². The maximum absolute atomic E-state index is 6.18. The van der Waals surface area contributed by atoms with E-state index in [-0.39, 0.29) is 5.41 Å². The van der Waals surface area contributed by atoms with Crippen LogP contribution in [0.4, 0.5) is 0 Å². The molecule has 0 spiro atoms. The van der Waals surface area contributed by atoms with Gasteiger partial charge in [0, 0.05) is 23.0 Å². The van der Waals surface area contributed by atoms with Gasteiger partial charge < -0.3 is 10.7 Å². The summed E-state index contributed by atoms with van der Waals surface area (Å²) in [7, 11) is 0. The van der Waals surface area contributed by atoms with Gasteiger partial charge in [-0.25, -0.2) is 0 Å². The number of hydrogen-bond donors (Lipinski definition) is 2. The fourth-order valence-electron chi connectivity index (χ4n) is 3.43. The molecule has 1 aromatic heterocycles. The predicted octanol–water partition coefficient (Wildman–Crippen LogP) is 5.06. The van der Waals surface area contributed by atoms with E-state index in [1.807, 2.05) is 0 Å². The highest BCUT2D eigenvalue weighted by atomic mass is 14.7. The lowest BCUT2D eigenvalue weighted by Crippen LogP contribution is -2.18. The molecule has 1 unspecified atom stereocenters. The van der Waals surface area contributed by atoms with Crippen LogP contribution < -0.4 is 5.73 Å². The number of fused-ring (bicyclic) bond motifs is 1. The third-order valence-electron chi connectivity index (χ3n) is 5.01. The van der Waals surface area contributed by atoms with E-state index in [9.17, 15) is 0 Å². The number of hydrogen-bond acceptors (Lipinski definition) is 1. The van der Waals surface area contributed by atoms with Crippen LogP contribution in [-0.4, -0.2) is 11.5 Å². The first-order valence-electron chi connectivity index (χ1n) is 8.76. The second-order valence-electron chi connectivity index (χ2n) is 7.82. The van der Waals surface area contributed by atoms with Gasteiger partial charge >= 0.3 is 0 Å². The van der Waals surface area contributed by atoms with E-state index >= 15 is 0 Å². The van der Waals surface area contributed by atoms with Crippen LogP contribution in [0.2, 0.25) is 0 Å². The second kappa shape index (κ2) is 6.45. The number of H-pyrrole nitrogens is 1. The quantitative estimate of drug-likeness (QED) is 0.693. The first-order valence-corrected chi connectivity index (χ1v) is 8.76. The lowest BCUT2D eigenvalue weighted by atomic mass is 9.81. The van der Waals surface area contributed by atoms with E-state index in [1.165, 1.54) is 33.2 Å². The lowest BCUT2D eigenvalue weighted by Gasteiger charge is -2.24. The van der Waals surface area contributed by atoms with Crippen molar-refractivity contribution in [2.75, 3.05) is 6.54 Å². The Balaban J connectivity index is 1.97. The van der Waals surface area contributed by atoms with Gasteiger partial charge in [-0.05, 0) is 53.6 Å². The molecular weight excluding hydrogens is 292 g/mol. The number of aryl methyl sites for hydroxylation is 1. The number of nitrogens with one attached hydrogen (secondary N) is 1. The van der Waals surface area contributed by atoms with Crippen LogP contribution in [-0.2, 0) is 11.8 Å². The molecule has 3 aromatic rings. The van der Waals surface area contributed by atoms with Crippen molar-refractivity contribution in [2.45, 2.75) is 45.4 Å². The van der Waals surface area contributed by atoms with Crippen LogP contribution in [0.5, 0.6) is 0 Å². The molecule has 3 rings (SSSR count). The van der Waals surface area contributed by atoms with E-state index < -0.39 is 0 Å². The van der Waals surface area contributed by atoms with Gasteiger partial charge in [-0.1, -0.05) is 57.2 Å². The van der Waals surface area contributed by atoms with Crippen molar-refractivity contribution in [1.82, 2.24) is 4.98 Å².